The third kappa shape index (κ3) is 0.655. The molecule has 2 nitrogen and oxygen atoms in total. The first kappa shape index (κ1) is 5.27. The van der Waals surface area contributed by atoms with Gasteiger partial charge in [-0.3, -0.25) is 4.79 Å². The van der Waals surface area contributed by atoms with E-state index in [9.17, 15) is 4.79 Å². The summed E-state index contributed by atoms with van der Waals surface area (Å²) in [5, 5.41) is 0. The molecule has 2 heterocycles. The van der Waals surface area contributed by atoms with Crippen molar-refractivity contribution < 1.29 is 4.79 Å². The highest BCUT2D eigenvalue weighted by Gasteiger charge is 2.33. The lowest BCUT2D eigenvalue weighted by molar-refractivity contribution is -0.127. The fourth-order valence-electron chi connectivity index (χ4n) is 1.90. The summed E-state index contributed by atoms with van der Waals surface area (Å²) in [6, 6.07) is 0.637. The molecule has 2 fully saturated rings. The summed E-state index contributed by atoms with van der Waals surface area (Å²) in [7, 11) is 0. The molecule has 1 amide bonds. The number of nitrogens with zero attached hydrogens (tertiary/aromatic N) is 1. The fourth-order valence-corrected chi connectivity index (χ4v) is 1.90. The highest BCUT2D eigenvalue weighted by atomic mass is 16.2. The standard InChI is InChI=1S/C7H11NO/c9-7-4-3-6-2-1-5-8(6)7/h6H,1-5H2. The molecule has 0 aromatic carbocycles. The second-order valence-corrected chi connectivity index (χ2v) is 2.92. The van der Waals surface area contributed by atoms with E-state index in [0.717, 1.165) is 19.4 Å². The van der Waals surface area contributed by atoms with Gasteiger partial charge in [-0.15, -0.1) is 0 Å². The molecule has 50 valence electrons. The van der Waals surface area contributed by atoms with Gasteiger partial charge in [0.15, 0.2) is 0 Å². The van der Waals surface area contributed by atoms with Crippen LogP contribution in [0.4, 0.5) is 0 Å². The van der Waals surface area contributed by atoms with Crippen LogP contribution in [0.2, 0.25) is 0 Å². The summed E-state index contributed by atoms with van der Waals surface area (Å²) in [5.74, 6) is 0.387. The van der Waals surface area contributed by atoms with E-state index in [1.165, 1.54) is 12.8 Å². The zero-order valence-electron chi connectivity index (χ0n) is 5.47. The maximum absolute atomic E-state index is 11.0. The molecule has 1 atom stereocenters. The first-order chi connectivity index (χ1) is 4.38. The molecule has 0 radical (unpaired) electrons. The number of carbonyl (C=O) groups is 1. The molecule has 0 saturated carbocycles. The lowest BCUT2D eigenvalue weighted by Crippen LogP contribution is -2.26. The fraction of sp³-hybridized carbons (Fsp3) is 0.857. The Bertz CT molecular complexity index is 144. The van der Waals surface area contributed by atoms with E-state index in [4.69, 9.17) is 0 Å². The molecule has 0 aliphatic carbocycles. The van der Waals surface area contributed by atoms with Crippen molar-refractivity contribution in [1.29, 1.82) is 0 Å². The molecule has 1 unspecified atom stereocenters. The normalized spacial score (nSPS) is 33.6. The molecule has 2 saturated heterocycles. The van der Waals surface area contributed by atoms with Crippen LogP contribution in [0.5, 0.6) is 0 Å². The van der Waals surface area contributed by atoms with Crippen molar-refractivity contribution in [3.8, 4) is 0 Å². The van der Waals surface area contributed by atoms with Gasteiger partial charge < -0.3 is 4.90 Å². The maximum atomic E-state index is 11.0. The number of carbonyl (C=O) groups excluding carboxylic acids is 1. The summed E-state index contributed by atoms with van der Waals surface area (Å²) >= 11 is 0. The molecule has 0 bridgehead atoms. The molecule has 2 aliphatic heterocycles. The Labute approximate surface area is 54.8 Å². The van der Waals surface area contributed by atoms with E-state index in [1.54, 1.807) is 0 Å². The molecule has 2 rings (SSSR count). The number of hydrogen-bond acceptors (Lipinski definition) is 1. The van der Waals surface area contributed by atoms with Crippen molar-refractivity contribution in [1.82, 2.24) is 4.90 Å². The average Bonchev–Trinajstić information content (AvgIpc) is 2.35. The van der Waals surface area contributed by atoms with Gasteiger partial charge in [-0.2, -0.15) is 0 Å². The minimum Gasteiger partial charge on any atom is -0.340 e. The zero-order valence-corrected chi connectivity index (χ0v) is 5.47. The molecular weight excluding hydrogens is 114 g/mol. The Morgan fingerprint density at radius 2 is 2.33 bits per heavy atom. The molecule has 0 aromatic rings. The summed E-state index contributed by atoms with van der Waals surface area (Å²) in [5.41, 5.74) is 0. The summed E-state index contributed by atoms with van der Waals surface area (Å²) in [6.07, 6.45) is 4.42. The Kier molecular flexibility index (Phi) is 1.01. The minimum atomic E-state index is 0.387. The quantitative estimate of drug-likeness (QED) is 0.468. The second-order valence-electron chi connectivity index (χ2n) is 2.92. The topological polar surface area (TPSA) is 20.3 Å². The monoisotopic (exact) mass is 125 g/mol. The molecular formula is C7H11NO. The van der Waals surface area contributed by atoms with E-state index in [-0.39, 0.29) is 0 Å². The molecule has 0 aromatic heterocycles. The number of hydrogen-bond donors (Lipinski definition) is 0. The minimum absolute atomic E-state index is 0.387. The van der Waals surface area contributed by atoms with Crippen LogP contribution in [0.25, 0.3) is 0 Å². The largest absolute Gasteiger partial charge is 0.340 e. The lowest BCUT2D eigenvalue weighted by Gasteiger charge is -2.13. The smallest absolute Gasteiger partial charge is 0.222 e. The molecule has 0 N–H and O–H groups in total. The van der Waals surface area contributed by atoms with Crippen LogP contribution in [0.1, 0.15) is 25.7 Å². The van der Waals surface area contributed by atoms with Crippen LogP contribution in [0, 0.1) is 0 Å². The van der Waals surface area contributed by atoms with Crippen molar-refractivity contribution in [2.45, 2.75) is 31.7 Å². The first-order valence-corrected chi connectivity index (χ1v) is 3.67. The van der Waals surface area contributed by atoms with Crippen LogP contribution in [-0.2, 0) is 4.79 Å². The van der Waals surface area contributed by atoms with Gasteiger partial charge in [0.2, 0.25) is 5.91 Å². The molecule has 9 heavy (non-hydrogen) atoms. The van der Waals surface area contributed by atoms with Crippen LogP contribution in [0.15, 0.2) is 0 Å². The Hall–Kier alpha value is -0.530. The molecule has 2 aliphatic rings. The van der Waals surface area contributed by atoms with E-state index in [2.05, 4.69) is 0 Å². The van der Waals surface area contributed by atoms with Gasteiger partial charge in [0.05, 0.1) is 0 Å². The van der Waals surface area contributed by atoms with Gasteiger partial charge in [-0.25, -0.2) is 0 Å². The first-order valence-electron chi connectivity index (χ1n) is 3.67. The van der Waals surface area contributed by atoms with E-state index in [0.29, 0.717) is 11.9 Å². The number of fused-ring (bicyclic) bond motifs is 1. The lowest BCUT2D eigenvalue weighted by atomic mass is 10.2. The van der Waals surface area contributed by atoms with Crippen LogP contribution < -0.4 is 0 Å². The predicted octanol–water partition coefficient (Wildman–Crippen LogP) is 0.771. The van der Waals surface area contributed by atoms with Gasteiger partial charge in [-0.1, -0.05) is 0 Å². The Balaban J connectivity index is 2.15. The van der Waals surface area contributed by atoms with Crippen molar-refractivity contribution >= 4 is 5.91 Å². The number of amides is 1. The number of rotatable bonds is 0. The van der Waals surface area contributed by atoms with Crippen LogP contribution >= 0.6 is 0 Å². The Morgan fingerprint density at radius 3 is 3.11 bits per heavy atom. The van der Waals surface area contributed by atoms with Crippen molar-refractivity contribution in [3.05, 3.63) is 0 Å². The SMILES string of the molecule is O=C1CCC2CCCN12. The van der Waals surface area contributed by atoms with Crippen molar-refractivity contribution in [2.75, 3.05) is 6.54 Å². The van der Waals surface area contributed by atoms with Crippen LogP contribution in [0.3, 0.4) is 0 Å². The average molecular weight is 125 g/mol. The second kappa shape index (κ2) is 1.72. The van der Waals surface area contributed by atoms with Gasteiger partial charge in [-0.05, 0) is 19.3 Å². The van der Waals surface area contributed by atoms with Gasteiger partial charge in [0.25, 0.3) is 0 Å². The van der Waals surface area contributed by atoms with Crippen molar-refractivity contribution in [3.63, 3.8) is 0 Å². The van der Waals surface area contributed by atoms with E-state index < -0.39 is 0 Å². The highest BCUT2D eigenvalue weighted by molar-refractivity contribution is 5.79. The van der Waals surface area contributed by atoms with Crippen molar-refractivity contribution in [2.24, 2.45) is 0 Å². The third-order valence-corrected chi connectivity index (χ3v) is 2.39. The maximum Gasteiger partial charge on any atom is 0.222 e. The summed E-state index contributed by atoms with van der Waals surface area (Å²) in [6.45, 7) is 1.03. The van der Waals surface area contributed by atoms with Crippen LogP contribution in [-0.4, -0.2) is 23.4 Å². The predicted molar refractivity (Wildman–Crippen MR) is 34.0 cm³/mol. The molecule has 2 heteroatoms. The van der Waals surface area contributed by atoms with E-state index >= 15 is 0 Å². The van der Waals surface area contributed by atoms with Gasteiger partial charge in [0, 0.05) is 19.0 Å². The summed E-state index contributed by atoms with van der Waals surface area (Å²) < 4.78 is 0. The highest BCUT2D eigenvalue weighted by Crippen LogP contribution is 2.27. The molecule has 0 spiro atoms. The van der Waals surface area contributed by atoms with E-state index in [1.807, 2.05) is 4.90 Å². The van der Waals surface area contributed by atoms with Gasteiger partial charge >= 0.3 is 0 Å². The Morgan fingerprint density at radius 1 is 1.44 bits per heavy atom. The zero-order chi connectivity index (χ0) is 6.27. The summed E-state index contributed by atoms with van der Waals surface area (Å²) in [4.78, 5) is 13.0. The third-order valence-electron chi connectivity index (χ3n) is 2.39. The van der Waals surface area contributed by atoms with Gasteiger partial charge in [0.1, 0.15) is 0 Å².